The number of nitrogen functional groups attached to an aromatic ring is 1. The summed E-state index contributed by atoms with van der Waals surface area (Å²) in [5.74, 6) is 0. The second kappa shape index (κ2) is 7.51. The topological polar surface area (TPSA) is 41.3 Å². The van der Waals surface area contributed by atoms with Gasteiger partial charge in [-0.2, -0.15) is 0 Å². The monoisotopic (exact) mass is 311 g/mol. The molecule has 0 aliphatic carbocycles. The third kappa shape index (κ3) is 4.92. The quantitative estimate of drug-likeness (QED) is 0.551. The van der Waals surface area contributed by atoms with Gasteiger partial charge in [-0.05, 0) is 24.6 Å². The van der Waals surface area contributed by atoms with Crippen molar-refractivity contribution in [2.75, 3.05) is 36.8 Å². The molecule has 0 atom stereocenters. The Morgan fingerprint density at radius 3 is 2.40 bits per heavy atom. The molecule has 0 amide bonds. The minimum absolute atomic E-state index is 0. The summed E-state index contributed by atoms with van der Waals surface area (Å²) in [5.41, 5.74) is 7.96. The molecule has 2 rings (SSSR count). The molecular formula is C12H18BF3KN3. The Hall–Kier alpha value is 0.271. The number of piperazine rings is 1. The molecule has 106 valence electrons. The largest absolute Gasteiger partial charge is 1.00 e. The Kier molecular flexibility index (Phi) is 6.88. The molecule has 0 radical (unpaired) electrons. The van der Waals surface area contributed by atoms with Gasteiger partial charge >= 0.3 is 58.4 Å². The third-order valence-electron chi connectivity index (χ3n) is 3.42. The maximum atomic E-state index is 12.6. The third-order valence-corrected chi connectivity index (χ3v) is 3.42. The SMILES string of the molecule is Cc1c(C[B-](F)(F)F)cc(N)cc1N1CCNCC1.[K+]. The number of nitrogens with two attached hydrogens (primary N) is 1. The number of nitrogens with one attached hydrogen (secondary N) is 1. The zero-order chi connectivity index (χ0) is 14.0. The van der Waals surface area contributed by atoms with Crippen molar-refractivity contribution >= 4 is 18.4 Å². The minimum Gasteiger partial charge on any atom is -0.449 e. The van der Waals surface area contributed by atoms with E-state index in [1.165, 1.54) is 6.07 Å². The number of benzene rings is 1. The van der Waals surface area contributed by atoms with Crippen LogP contribution in [0.4, 0.5) is 24.3 Å². The van der Waals surface area contributed by atoms with Crippen LogP contribution in [0.25, 0.3) is 0 Å². The number of nitrogens with zero attached hydrogens (tertiary/aromatic N) is 1. The van der Waals surface area contributed by atoms with Crippen LogP contribution in [0, 0.1) is 6.92 Å². The van der Waals surface area contributed by atoms with Gasteiger partial charge in [0.25, 0.3) is 0 Å². The van der Waals surface area contributed by atoms with Gasteiger partial charge < -0.3 is 28.9 Å². The average Bonchev–Trinajstić information content (AvgIpc) is 2.32. The molecule has 0 bridgehead atoms. The summed E-state index contributed by atoms with van der Waals surface area (Å²) >= 11 is 0. The van der Waals surface area contributed by atoms with Crippen molar-refractivity contribution in [2.45, 2.75) is 13.2 Å². The van der Waals surface area contributed by atoms with E-state index in [0.717, 1.165) is 31.9 Å². The van der Waals surface area contributed by atoms with E-state index in [-0.39, 0.29) is 51.4 Å². The molecule has 1 aromatic rings. The van der Waals surface area contributed by atoms with E-state index in [0.29, 0.717) is 16.8 Å². The van der Waals surface area contributed by atoms with Gasteiger partial charge in [-0.1, -0.05) is 11.9 Å². The minimum atomic E-state index is -4.84. The van der Waals surface area contributed by atoms with Crippen LogP contribution < -0.4 is 67.3 Å². The van der Waals surface area contributed by atoms with E-state index >= 15 is 0 Å². The fourth-order valence-corrected chi connectivity index (χ4v) is 2.48. The number of anilines is 2. The van der Waals surface area contributed by atoms with Gasteiger partial charge in [0.2, 0.25) is 0 Å². The summed E-state index contributed by atoms with van der Waals surface area (Å²) in [4.78, 5) is 2.09. The van der Waals surface area contributed by atoms with Gasteiger partial charge in [-0.15, -0.1) is 0 Å². The molecule has 3 N–H and O–H groups in total. The number of hydrogen-bond acceptors (Lipinski definition) is 3. The summed E-state index contributed by atoms with van der Waals surface area (Å²) in [7, 11) is 0. The summed E-state index contributed by atoms with van der Waals surface area (Å²) in [5, 5.41) is 3.22. The van der Waals surface area contributed by atoms with E-state index in [9.17, 15) is 12.9 Å². The molecule has 1 aromatic carbocycles. The summed E-state index contributed by atoms with van der Waals surface area (Å²) in [6.07, 6.45) is -0.865. The van der Waals surface area contributed by atoms with Crippen molar-refractivity contribution in [1.29, 1.82) is 0 Å². The van der Waals surface area contributed by atoms with Gasteiger partial charge in [0.1, 0.15) is 0 Å². The Labute approximate surface area is 159 Å². The van der Waals surface area contributed by atoms with E-state index in [1.54, 1.807) is 13.0 Å². The molecule has 0 spiro atoms. The van der Waals surface area contributed by atoms with Crippen LogP contribution in [0.15, 0.2) is 12.1 Å². The summed E-state index contributed by atoms with van der Waals surface area (Å²) < 4.78 is 37.9. The van der Waals surface area contributed by atoms with Crippen molar-refractivity contribution < 1.29 is 64.3 Å². The summed E-state index contributed by atoms with van der Waals surface area (Å²) in [6, 6.07) is 3.21. The Morgan fingerprint density at radius 1 is 1.25 bits per heavy atom. The number of halogens is 3. The van der Waals surface area contributed by atoms with Crippen LogP contribution in [-0.4, -0.2) is 33.2 Å². The number of hydrogen-bond donors (Lipinski definition) is 2. The van der Waals surface area contributed by atoms with Crippen molar-refractivity contribution in [3.63, 3.8) is 0 Å². The Balaban J connectivity index is 0.00000200. The molecule has 8 heteroatoms. The van der Waals surface area contributed by atoms with Crippen LogP contribution in [-0.2, 0) is 6.32 Å². The summed E-state index contributed by atoms with van der Waals surface area (Å²) in [6.45, 7) is 0.169. The predicted molar refractivity (Wildman–Crippen MR) is 73.5 cm³/mol. The standard InChI is InChI=1S/C12H18BF3N3.K/c1-9-10(8-13(14,15)16)6-11(17)7-12(9)19-4-2-18-3-5-19;/h6-7,18H,2-5,8,17H2,1H3;/q-1;+1. The molecular weight excluding hydrogens is 293 g/mol. The molecule has 1 aliphatic heterocycles. The maximum absolute atomic E-state index is 12.6. The van der Waals surface area contributed by atoms with Gasteiger partial charge in [0.15, 0.2) is 0 Å². The van der Waals surface area contributed by atoms with Crippen molar-refractivity contribution in [3.8, 4) is 0 Å². The zero-order valence-corrected chi connectivity index (χ0v) is 15.0. The average molecular weight is 311 g/mol. The first-order valence-corrected chi connectivity index (χ1v) is 6.42. The van der Waals surface area contributed by atoms with Crippen LogP contribution in [0.2, 0.25) is 0 Å². The predicted octanol–water partition coefficient (Wildman–Crippen LogP) is -1.08. The van der Waals surface area contributed by atoms with Crippen LogP contribution in [0.5, 0.6) is 0 Å². The smallest absolute Gasteiger partial charge is 0.449 e. The van der Waals surface area contributed by atoms with Crippen molar-refractivity contribution in [2.24, 2.45) is 0 Å². The first-order valence-electron chi connectivity index (χ1n) is 6.42. The molecule has 20 heavy (non-hydrogen) atoms. The zero-order valence-electron chi connectivity index (χ0n) is 11.9. The molecule has 0 saturated carbocycles. The first kappa shape index (κ1) is 18.3. The van der Waals surface area contributed by atoms with Gasteiger partial charge in [0.05, 0.1) is 0 Å². The van der Waals surface area contributed by atoms with Crippen molar-refractivity contribution in [1.82, 2.24) is 5.32 Å². The second-order valence-corrected chi connectivity index (χ2v) is 4.98. The maximum Gasteiger partial charge on any atom is 1.00 e. The van der Waals surface area contributed by atoms with E-state index in [2.05, 4.69) is 10.2 Å². The first-order chi connectivity index (χ1) is 8.87. The molecule has 0 unspecified atom stereocenters. The van der Waals surface area contributed by atoms with E-state index < -0.39 is 13.3 Å². The van der Waals surface area contributed by atoms with Crippen LogP contribution >= 0.6 is 0 Å². The van der Waals surface area contributed by atoms with Crippen molar-refractivity contribution in [3.05, 3.63) is 23.3 Å². The molecule has 1 fully saturated rings. The fraction of sp³-hybridized carbons (Fsp3) is 0.500. The molecule has 1 aliphatic rings. The van der Waals surface area contributed by atoms with E-state index in [1.807, 2.05) is 0 Å². The van der Waals surface area contributed by atoms with Gasteiger partial charge in [0, 0.05) is 37.6 Å². The van der Waals surface area contributed by atoms with Crippen LogP contribution in [0.1, 0.15) is 11.1 Å². The van der Waals surface area contributed by atoms with E-state index in [4.69, 9.17) is 5.73 Å². The molecule has 3 nitrogen and oxygen atoms in total. The normalized spacial score (nSPS) is 15.9. The Bertz CT molecular complexity index is 462. The molecule has 1 heterocycles. The fourth-order valence-electron chi connectivity index (χ4n) is 2.48. The Morgan fingerprint density at radius 2 is 1.85 bits per heavy atom. The van der Waals surface area contributed by atoms with Gasteiger partial charge in [-0.3, -0.25) is 0 Å². The number of rotatable bonds is 3. The van der Waals surface area contributed by atoms with Gasteiger partial charge in [-0.25, -0.2) is 0 Å². The second-order valence-electron chi connectivity index (χ2n) is 4.98. The van der Waals surface area contributed by atoms with Crippen LogP contribution in [0.3, 0.4) is 0 Å². The molecule has 0 aromatic heterocycles. The molecule has 1 saturated heterocycles.